The third-order valence-corrected chi connectivity index (χ3v) is 6.36. The highest BCUT2D eigenvalue weighted by molar-refractivity contribution is 7.17. The van der Waals surface area contributed by atoms with Crippen LogP contribution in [0, 0.1) is 5.92 Å². The van der Waals surface area contributed by atoms with Crippen molar-refractivity contribution in [2.75, 3.05) is 12.4 Å². The molecule has 1 N–H and O–H groups in total. The van der Waals surface area contributed by atoms with Gasteiger partial charge in [0.05, 0.1) is 18.9 Å². The molecule has 3 aromatic rings. The normalized spacial score (nSPS) is 15.9. The van der Waals surface area contributed by atoms with Crippen LogP contribution in [0.3, 0.4) is 0 Å². The molecule has 152 valence electrons. The van der Waals surface area contributed by atoms with E-state index >= 15 is 0 Å². The van der Waals surface area contributed by atoms with Crippen molar-refractivity contribution in [3.63, 3.8) is 0 Å². The molecule has 0 aliphatic heterocycles. The molecule has 10 heteroatoms. The molecule has 0 bridgehead atoms. The van der Waals surface area contributed by atoms with Crippen LogP contribution in [-0.2, 0) is 36.0 Å². The number of fused-ring (bicyclic) bond motifs is 2. The minimum Gasteiger partial charge on any atom is -0.465 e. The number of aromatic nitrogens is 4. The van der Waals surface area contributed by atoms with E-state index in [1.54, 1.807) is 7.05 Å². The van der Waals surface area contributed by atoms with Crippen LogP contribution in [0.2, 0.25) is 0 Å². The smallest absolute Gasteiger partial charge is 0.341 e. The van der Waals surface area contributed by atoms with Gasteiger partial charge in [-0.1, -0.05) is 6.92 Å². The van der Waals surface area contributed by atoms with Crippen LogP contribution in [0.1, 0.15) is 34.1 Å². The minimum absolute atomic E-state index is 0.212. The number of carbonyl (C=O) groups is 2. The maximum absolute atomic E-state index is 12.7. The van der Waals surface area contributed by atoms with Crippen LogP contribution in [-0.4, -0.2) is 38.3 Å². The predicted octanol–water partition coefficient (Wildman–Crippen LogP) is 1.74. The Morgan fingerprint density at radius 2 is 2.21 bits per heavy atom. The highest BCUT2D eigenvalue weighted by Gasteiger charge is 2.29. The fraction of sp³-hybridized carbons (Fsp3) is 0.421. The summed E-state index contributed by atoms with van der Waals surface area (Å²) in [5, 5.41) is 7.64. The summed E-state index contributed by atoms with van der Waals surface area (Å²) in [5.41, 5.74) is 1.51. The summed E-state index contributed by atoms with van der Waals surface area (Å²) in [4.78, 5) is 42.9. The Morgan fingerprint density at radius 1 is 1.41 bits per heavy atom. The third kappa shape index (κ3) is 3.44. The van der Waals surface area contributed by atoms with Gasteiger partial charge < -0.3 is 10.1 Å². The number of hydrogen-bond donors (Lipinski definition) is 1. The number of aryl methyl sites for hydroxylation is 1. The second-order valence-electron chi connectivity index (χ2n) is 7.28. The van der Waals surface area contributed by atoms with Gasteiger partial charge in [-0.05, 0) is 30.7 Å². The van der Waals surface area contributed by atoms with Crippen LogP contribution in [0.5, 0.6) is 0 Å². The number of carbonyl (C=O) groups excluding carboxylic acids is 2. The van der Waals surface area contributed by atoms with Crippen molar-refractivity contribution in [2.24, 2.45) is 13.0 Å². The zero-order chi connectivity index (χ0) is 20.7. The summed E-state index contributed by atoms with van der Waals surface area (Å²) in [6.07, 6.45) is 5.42. The predicted molar refractivity (Wildman–Crippen MR) is 108 cm³/mol. The number of esters is 1. The third-order valence-electron chi connectivity index (χ3n) is 5.19. The van der Waals surface area contributed by atoms with E-state index in [2.05, 4.69) is 22.3 Å². The highest BCUT2D eigenvalue weighted by Crippen LogP contribution is 2.40. The van der Waals surface area contributed by atoms with Crippen LogP contribution in [0.15, 0.2) is 17.3 Å². The number of nitrogens with one attached hydrogen (secondary N) is 1. The van der Waals surface area contributed by atoms with E-state index in [0.717, 1.165) is 29.7 Å². The maximum Gasteiger partial charge on any atom is 0.341 e. The van der Waals surface area contributed by atoms with Gasteiger partial charge in [0, 0.05) is 11.9 Å². The molecule has 1 atom stereocenters. The average molecular weight is 415 g/mol. The van der Waals surface area contributed by atoms with Crippen LogP contribution in [0.25, 0.3) is 11.0 Å². The van der Waals surface area contributed by atoms with Crippen LogP contribution in [0.4, 0.5) is 5.00 Å². The highest BCUT2D eigenvalue weighted by atomic mass is 32.1. The van der Waals surface area contributed by atoms with Crippen molar-refractivity contribution in [3.8, 4) is 0 Å². The van der Waals surface area contributed by atoms with Crippen molar-refractivity contribution in [2.45, 2.75) is 32.7 Å². The average Bonchev–Trinajstić information content (AvgIpc) is 3.23. The molecule has 3 aromatic heterocycles. The van der Waals surface area contributed by atoms with Gasteiger partial charge in [0.1, 0.15) is 23.3 Å². The second kappa shape index (κ2) is 7.43. The molecule has 0 fully saturated rings. The lowest BCUT2D eigenvalue weighted by molar-refractivity contribution is -0.116. The Kier molecular flexibility index (Phi) is 4.95. The lowest BCUT2D eigenvalue weighted by atomic mass is 9.88. The molecule has 4 rings (SSSR count). The fourth-order valence-electron chi connectivity index (χ4n) is 3.66. The lowest BCUT2D eigenvalue weighted by Gasteiger charge is -2.18. The van der Waals surface area contributed by atoms with Gasteiger partial charge in [0.25, 0.3) is 5.56 Å². The second-order valence-corrected chi connectivity index (χ2v) is 8.38. The Hall–Kier alpha value is -3.01. The first kappa shape index (κ1) is 19.3. The van der Waals surface area contributed by atoms with E-state index in [9.17, 15) is 14.4 Å². The molecule has 1 amide bonds. The Bertz CT molecular complexity index is 1180. The summed E-state index contributed by atoms with van der Waals surface area (Å²) in [7, 11) is 3.03. The summed E-state index contributed by atoms with van der Waals surface area (Å²) in [5.74, 6) is -0.331. The van der Waals surface area contributed by atoms with Gasteiger partial charge in [-0.25, -0.2) is 9.78 Å². The molecule has 0 saturated heterocycles. The van der Waals surface area contributed by atoms with Gasteiger partial charge in [-0.3, -0.25) is 18.8 Å². The number of thiophene rings is 1. The Balaban J connectivity index is 1.61. The zero-order valence-electron chi connectivity index (χ0n) is 16.4. The molecule has 1 aliphatic rings. The molecule has 0 radical (unpaired) electrons. The molecule has 3 heterocycles. The van der Waals surface area contributed by atoms with E-state index in [4.69, 9.17) is 4.74 Å². The number of methoxy groups -OCH3 is 1. The first-order chi connectivity index (χ1) is 13.9. The maximum atomic E-state index is 12.7. The van der Waals surface area contributed by atoms with Crippen molar-refractivity contribution in [1.29, 1.82) is 0 Å². The van der Waals surface area contributed by atoms with Gasteiger partial charge in [0.2, 0.25) is 5.91 Å². The number of hydrogen-bond acceptors (Lipinski definition) is 7. The molecule has 0 saturated carbocycles. The largest absolute Gasteiger partial charge is 0.465 e. The summed E-state index contributed by atoms with van der Waals surface area (Å²) in [6, 6.07) is 0. The number of amides is 1. The molecular weight excluding hydrogens is 394 g/mol. The molecule has 1 aliphatic carbocycles. The topological polar surface area (TPSA) is 108 Å². The number of ether oxygens (including phenoxy) is 1. The van der Waals surface area contributed by atoms with Crippen LogP contribution < -0.4 is 10.9 Å². The van der Waals surface area contributed by atoms with Gasteiger partial charge in [-0.2, -0.15) is 5.10 Å². The number of rotatable bonds is 4. The summed E-state index contributed by atoms with van der Waals surface area (Å²) >= 11 is 1.41. The number of anilines is 1. The van der Waals surface area contributed by atoms with E-state index in [1.807, 2.05) is 0 Å². The van der Waals surface area contributed by atoms with E-state index in [-0.39, 0.29) is 12.1 Å². The van der Waals surface area contributed by atoms with Crippen molar-refractivity contribution < 1.29 is 14.3 Å². The summed E-state index contributed by atoms with van der Waals surface area (Å²) < 4.78 is 7.67. The van der Waals surface area contributed by atoms with E-state index in [0.29, 0.717) is 27.5 Å². The minimum atomic E-state index is -0.456. The molecular formula is C19H21N5O4S. The van der Waals surface area contributed by atoms with Crippen molar-refractivity contribution in [3.05, 3.63) is 38.9 Å². The van der Waals surface area contributed by atoms with Crippen LogP contribution >= 0.6 is 11.3 Å². The number of nitrogens with zero attached hydrogens (tertiary/aromatic N) is 4. The first-order valence-electron chi connectivity index (χ1n) is 9.29. The molecule has 0 spiro atoms. The standard InChI is InChI=1S/C19H21N5O4S/c1-10-4-5-11-13(6-10)29-17(15(11)19(27)28-3)22-14(25)8-24-9-20-16-12(18(24)26)7-21-23(16)2/h7,9-10H,4-6,8H2,1-3H3,(H,22,25)/t10-/m0/s1. The molecule has 9 nitrogen and oxygen atoms in total. The summed E-state index contributed by atoms with van der Waals surface area (Å²) in [6.45, 7) is 1.96. The zero-order valence-corrected chi connectivity index (χ0v) is 17.2. The Morgan fingerprint density at radius 3 is 2.97 bits per heavy atom. The van der Waals surface area contributed by atoms with Crippen molar-refractivity contribution >= 4 is 39.2 Å². The molecule has 29 heavy (non-hydrogen) atoms. The molecule has 0 unspecified atom stereocenters. The fourth-order valence-corrected chi connectivity index (χ4v) is 5.07. The van der Waals surface area contributed by atoms with E-state index < -0.39 is 11.9 Å². The monoisotopic (exact) mass is 415 g/mol. The first-order valence-corrected chi connectivity index (χ1v) is 10.1. The Labute approximate surface area is 170 Å². The van der Waals surface area contributed by atoms with Gasteiger partial charge in [0.15, 0.2) is 5.65 Å². The van der Waals surface area contributed by atoms with Gasteiger partial charge in [-0.15, -0.1) is 11.3 Å². The van der Waals surface area contributed by atoms with Gasteiger partial charge >= 0.3 is 5.97 Å². The molecule has 0 aromatic carbocycles. The van der Waals surface area contributed by atoms with E-state index in [1.165, 1.54) is 40.2 Å². The lowest BCUT2D eigenvalue weighted by Crippen LogP contribution is -2.28. The van der Waals surface area contributed by atoms with Crippen molar-refractivity contribution in [1.82, 2.24) is 19.3 Å². The quantitative estimate of drug-likeness (QED) is 0.651. The SMILES string of the molecule is COC(=O)c1c(NC(=O)Cn2cnc3c(cnn3C)c2=O)sc2c1CC[C@H](C)C2.